The maximum Gasteiger partial charge on any atom is 0.251 e. The second-order valence-electron chi connectivity index (χ2n) is 8.49. The quantitative estimate of drug-likeness (QED) is 0.785. The number of piperidine rings is 1. The van der Waals surface area contributed by atoms with Crippen molar-refractivity contribution >= 4 is 0 Å². The molecule has 0 unspecified atom stereocenters. The van der Waals surface area contributed by atoms with E-state index < -0.39 is 0 Å². The Morgan fingerprint density at radius 3 is 2.74 bits per heavy atom. The van der Waals surface area contributed by atoms with Gasteiger partial charge in [-0.1, -0.05) is 13.0 Å². The summed E-state index contributed by atoms with van der Waals surface area (Å²) in [7, 11) is 4.19. The molecule has 2 bridgehead atoms. The Labute approximate surface area is 161 Å². The van der Waals surface area contributed by atoms with Crippen molar-refractivity contribution in [2.24, 2.45) is 5.92 Å². The number of pyridine rings is 1. The number of furan rings is 1. The molecule has 5 nitrogen and oxygen atoms in total. The van der Waals surface area contributed by atoms with Crippen molar-refractivity contribution in [3.63, 3.8) is 0 Å². The molecule has 0 radical (unpaired) electrons. The van der Waals surface area contributed by atoms with Crippen LogP contribution in [0.1, 0.15) is 48.9 Å². The van der Waals surface area contributed by atoms with Crippen molar-refractivity contribution in [2.45, 2.75) is 44.7 Å². The Balaban J connectivity index is 1.58. The van der Waals surface area contributed by atoms with Gasteiger partial charge in [-0.25, -0.2) is 0 Å². The average Bonchev–Trinajstić information content (AvgIpc) is 3.06. The predicted octanol–water partition coefficient (Wildman–Crippen LogP) is 3.12. The SMILES string of the molecule is CCCc1ccc(CN2C[C@H]3C[C@@H](C2)[C@H](CN(C)C)n2c3cccc2=O)o1. The fourth-order valence-corrected chi connectivity index (χ4v) is 4.98. The monoisotopic (exact) mass is 369 g/mol. The fourth-order valence-electron chi connectivity index (χ4n) is 4.98. The zero-order valence-corrected chi connectivity index (χ0v) is 16.7. The van der Waals surface area contributed by atoms with Gasteiger partial charge in [0.2, 0.25) is 0 Å². The molecular formula is C22H31N3O2. The largest absolute Gasteiger partial charge is 0.465 e. The van der Waals surface area contributed by atoms with E-state index in [9.17, 15) is 4.79 Å². The second kappa shape index (κ2) is 7.64. The van der Waals surface area contributed by atoms with Crippen LogP contribution in [0.15, 0.2) is 39.5 Å². The maximum absolute atomic E-state index is 12.6. The molecule has 4 heterocycles. The summed E-state index contributed by atoms with van der Waals surface area (Å²) >= 11 is 0. The van der Waals surface area contributed by atoms with Gasteiger partial charge < -0.3 is 13.9 Å². The molecule has 1 fully saturated rings. The molecule has 2 aliphatic rings. The molecule has 0 spiro atoms. The van der Waals surface area contributed by atoms with Crippen LogP contribution >= 0.6 is 0 Å². The third kappa shape index (κ3) is 3.76. The number of aromatic nitrogens is 1. The number of hydrogen-bond acceptors (Lipinski definition) is 4. The zero-order chi connectivity index (χ0) is 19.0. The molecule has 4 rings (SSSR count). The number of rotatable bonds is 6. The highest BCUT2D eigenvalue weighted by Gasteiger charge is 2.40. The highest BCUT2D eigenvalue weighted by Crippen LogP contribution is 2.41. The highest BCUT2D eigenvalue weighted by atomic mass is 16.3. The van der Waals surface area contributed by atoms with Gasteiger partial charge in [0, 0.05) is 43.7 Å². The Hall–Kier alpha value is -1.85. The summed E-state index contributed by atoms with van der Waals surface area (Å²) in [5.41, 5.74) is 1.36. The lowest BCUT2D eigenvalue weighted by Crippen LogP contribution is -2.51. The van der Waals surface area contributed by atoms with Crippen LogP contribution in [0.3, 0.4) is 0 Å². The Bertz CT molecular complexity index is 838. The van der Waals surface area contributed by atoms with Crippen LogP contribution in [0.5, 0.6) is 0 Å². The van der Waals surface area contributed by atoms with Gasteiger partial charge >= 0.3 is 0 Å². The Morgan fingerprint density at radius 2 is 1.96 bits per heavy atom. The normalized spacial score (nSPS) is 25.0. The first kappa shape index (κ1) is 18.5. The first-order valence-electron chi connectivity index (χ1n) is 10.2. The van der Waals surface area contributed by atoms with Crippen LogP contribution in [0.4, 0.5) is 0 Å². The molecule has 0 aliphatic carbocycles. The third-order valence-corrected chi connectivity index (χ3v) is 6.02. The van der Waals surface area contributed by atoms with Gasteiger partial charge in [0.25, 0.3) is 5.56 Å². The van der Waals surface area contributed by atoms with Gasteiger partial charge in [0.05, 0.1) is 12.6 Å². The first-order valence-corrected chi connectivity index (χ1v) is 10.2. The van der Waals surface area contributed by atoms with E-state index >= 15 is 0 Å². The molecule has 0 aromatic carbocycles. The van der Waals surface area contributed by atoms with Crippen molar-refractivity contribution in [3.05, 3.63) is 57.9 Å². The lowest BCUT2D eigenvalue weighted by molar-refractivity contribution is 0.0700. The summed E-state index contributed by atoms with van der Waals surface area (Å²) in [5, 5.41) is 0. The summed E-state index contributed by atoms with van der Waals surface area (Å²) in [5.74, 6) is 3.09. The fraction of sp³-hybridized carbons (Fsp3) is 0.591. The number of likely N-dealkylation sites (tertiary alicyclic amines) is 1. The van der Waals surface area contributed by atoms with Crippen molar-refractivity contribution in [1.29, 1.82) is 0 Å². The van der Waals surface area contributed by atoms with Crippen molar-refractivity contribution in [3.8, 4) is 0 Å². The average molecular weight is 370 g/mol. The van der Waals surface area contributed by atoms with Crippen molar-refractivity contribution in [2.75, 3.05) is 33.7 Å². The molecule has 3 atom stereocenters. The van der Waals surface area contributed by atoms with E-state index in [1.807, 2.05) is 6.07 Å². The number of likely N-dealkylation sites (N-methyl/N-ethyl adjacent to an activating group) is 1. The van der Waals surface area contributed by atoms with Crippen LogP contribution in [0.25, 0.3) is 0 Å². The zero-order valence-electron chi connectivity index (χ0n) is 16.7. The van der Waals surface area contributed by atoms with Gasteiger partial charge in [-0.3, -0.25) is 9.69 Å². The van der Waals surface area contributed by atoms with E-state index in [0.29, 0.717) is 11.8 Å². The van der Waals surface area contributed by atoms with E-state index in [-0.39, 0.29) is 11.6 Å². The molecule has 2 aromatic rings. The molecule has 2 aromatic heterocycles. The Morgan fingerprint density at radius 1 is 1.15 bits per heavy atom. The van der Waals surface area contributed by atoms with Gasteiger partial charge in [-0.2, -0.15) is 0 Å². The molecule has 5 heteroatoms. The van der Waals surface area contributed by atoms with E-state index in [4.69, 9.17) is 4.42 Å². The topological polar surface area (TPSA) is 41.6 Å². The van der Waals surface area contributed by atoms with Crippen LogP contribution in [-0.2, 0) is 13.0 Å². The first-order chi connectivity index (χ1) is 13.0. The summed E-state index contributed by atoms with van der Waals surface area (Å²) in [6.45, 7) is 5.97. The summed E-state index contributed by atoms with van der Waals surface area (Å²) < 4.78 is 8.11. The van der Waals surface area contributed by atoms with Crippen molar-refractivity contribution < 1.29 is 4.42 Å². The van der Waals surface area contributed by atoms with Crippen molar-refractivity contribution in [1.82, 2.24) is 14.4 Å². The maximum atomic E-state index is 12.6. The van der Waals surface area contributed by atoms with E-state index in [1.165, 1.54) is 12.1 Å². The lowest BCUT2D eigenvalue weighted by atomic mass is 9.78. The van der Waals surface area contributed by atoms with Crippen LogP contribution in [-0.4, -0.2) is 48.1 Å². The second-order valence-corrected chi connectivity index (χ2v) is 8.49. The molecule has 1 saturated heterocycles. The molecule has 0 N–H and O–H groups in total. The van der Waals surface area contributed by atoms with Gasteiger partial charge in [0.1, 0.15) is 11.5 Å². The van der Waals surface area contributed by atoms with Crippen LogP contribution < -0.4 is 5.56 Å². The molecule has 146 valence electrons. The lowest BCUT2D eigenvalue weighted by Gasteiger charge is -2.47. The molecule has 27 heavy (non-hydrogen) atoms. The molecule has 2 aliphatic heterocycles. The van der Waals surface area contributed by atoms with Gasteiger partial charge in [0.15, 0.2) is 0 Å². The summed E-state index contributed by atoms with van der Waals surface area (Å²) in [4.78, 5) is 17.4. The minimum Gasteiger partial charge on any atom is -0.465 e. The van der Waals surface area contributed by atoms with E-state index in [1.54, 1.807) is 6.07 Å². The number of aryl methyl sites for hydroxylation is 1. The number of fused-ring (bicyclic) bond motifs is 4. The minimum atomic E-state index is 0.151. The molecule has 0 amide bonds. The molecular weight excluding hydrogens is 338 g/mol. The Kier molecular flexibility index (Phi) is 5.24. The molecule has 0 saturated carbocycles. The van der Waals surface area contributed by atoms with E-state index in [2.05, 4.69) is 53.6 Å². The van der Waals surface area contributed by atoms with Crippen LogP contribution in [0, 0.1) is 5.92 Å². The van der Waals surface area contributed by atoms with E-state index in [0.717, 1.165) is 50.5 Å². The third-order valence-electron chi connectivity index (χ3n) is 6.02. The summed E-state index contributed by atoms with van der Waals surface area (Å²) in [6.07, 6.45) is 3.29. The van der Waals surface area contributed by atoms with Gasteiger partial charge in [-0.05, 0) is 51.1 Å². The highest BCUT2D eigenvalue weighted by molar-refractivity contribution is 5.19. The van der Waals surface area contributed by atoms with Gasteiger partial charge in [-0.15, -0.1) is 0 Å². The predicted molar refractivity (Wildman–Crippen MR) is 107 cm³/mol. The number of hydrogen-bond donors (Lipinski definition) is 0. The summed E-state index contributed by atoms with van der Waals surface area (Å²) in [6, 6.07) is 10.3. The van der Waals surface area contributed by atoms with Crippen LogP contribution in [0.2, 0.25) is 0 Å². The smallest absolute Gasteiger partial charge is 0.251 e. The number of nitrogens with zero attached hydrogens (tertiary/aromatic N) is 3. The standard InChI is InChI=1S/C22H31N3O2/c1-4-6-18-9-10-19(27-18)14-24-12-16-11-17(13-24)21(15-23(2)3)25-20(16)7-5-8-22(25)26/h5,7-10,16-17,21H,4,6,11-15H2,1-3H3/t16-,17+,21+/m1/s1. The minimum absolute atomic E-state index is 0.151.